The van der Waals surface area contributed by atoms with Crippen LogP contribution in [0.5, 0.6) is 23.0 Å². The van der Waals surface area contributed by atoms with Gasteiger partial charge in [-0.15, -0.1) is 0 Å². The van der Waals surface area contributed by atoms with Crippen molar-refractivity contribution in [1.29, 1.82) is 0 Å². The number of hydrogen-bond donors (Lipinski definition) is 0. The average Bonchev–Trinajstić information content (AvgIpc) is 3.11. The molecular formula is C20H19NO4. The fourth-order valence-corrected chi connectivity index (χ4v) is 3.69. The van der Waals surface area contributed by atoms with Crippen LogP contribution >= 0.6 is 0 Å². The van der Waals surface area contributed by atoms with Crippen molar-refractivity contribution in [3.8, 4) is 23.0 Å². The molecule has 0 bridgehead atoms. The minimum Gasteiger partial charge on any atom is -0.493 e. The number of aryl methyl sites for hydroxylation is 1. The van der Waals surface area contributed by atoms with Gasteiger partial charge in [0.1, 0.15) is 0 Å². The molecule has 3 aliphatic heterocycles. The minimum atomic E-state index is -1.53. The van der Waals surface area contributed by atoms with E-state index in [1.54, 1.807) is 19.1 Å². The first-order valence-corrected chi connectivity index (χ1v) is 8.18. The Morgan fingerprint density at radius 3 is 2.76 bits per heavy atom. The molecule has 5 heteroatoms. The summed E-state index contributed by atoms with van der Waals surface area (Å²) >= 11 is 0. The summed E-state index contributed by atoms with van der Waals surface area (Å²) in [6.07, 6.45) is 2.29. The Morgan fingerprint density at radius 2 is 1.96 bits per heavy atom. The summed E-state index contributed by atoms with van der Waals surface area (Å²) in [5.74, 6) is 2.68. The molecule has 5 nitrogen and oxygen atoms in total. The van der Waals surface area contributed by atoms with Gasteiger partial charge in [0.05, 0.1) is 14.2 Å². The molecule has 0 fully saturated rings. The van der Waals surface area contributed by atoms with Crippen molar-refractivity contribution < 1.29 is 21.7 Å². The smallest absolute Gasteiger partial charge is 0.231 e. The van der Waals surface area contributed by atoms with Crippen LogP contribution in [0.4, 0.5) is 0 Å². The molecule has 0 spiro atoms. The van der Waals surface area contributed by atoms with Gasteiger partial charge in [0.2, 0.25) is 6.79 Å². The monoisotopic (exact) mass is 339 g/mol. The predicted octanol–water partition coefficient (Wildman–Crippen LogP) is 3.30. The Morgan fingerprint density at radius 1 is 1.12 bits per heavy atom. The van der Waals surface area contributed by atoms with Gasteiger partial charge in [0, 0.05) is 32.6 Å². The largest absolute Gasteiger partial charge is 0.493 e. The van der Waals surface area contributed by atoms with Crippen LogP contribution in [0.3, 0.4) is 0 Å². The highest BCUT2D eigenvalue weighted by molar-refractivity contribution is 5.87. The lowest BCUT2D eigenvalue weighted by Gasteiger charge is -2.37. The van der Waals surface area contributed by atoms with Crippen LogP contribution in [0, 0.1) is 0 Å². The zero-order chi connectivity index (χ0) is 18.8. The number of methoxy groups -OCH3 is 2. The van der Waals surface area contributed by atoms with E-state index in [1.165, 1.54) is 0 Å². The second kappa shape index (κ2) is 5.34. The maximum absolute atomic E-state index is 8.65. The van der Waals surface area contributed by atoms with E-state index in [-0.39, 0.29) is 13.2 Å². The molecule has 0 saturated heterocycles. The zero-order valence-electron chi connectivity index (χ0n) is 16.1. The summed E-state index contributed by atoms with van der Waals surface area (Å²) in [6.45, 7) is -0.922. The normalized spacial score (nSPS) is 19.8. The van der Waals surface area contributed by atoms with Crippen LogP contribution in [0.2, 0.25) is 0 Å². The summed E-state index contributed by atoms with van der Waals surface area (Å²) in [5.41, 5.74) is 4.68. The standard InChI is InChI=1S/C20H19NO4/c1-22-17-4-3-12-7-16-14-9-19-18(24-11-25-19)8-13(14)5-6-21(16)10-15(12)20(17)23-2/h3-4,7-9H,5-6,10-11H2,1-2H3/i6D2. The third-order valence-corrected chi connectivity index (χ3v) is 4.92. The van der Waals surface area contributed by atoms with E-state index in [1.807, 2.05) is 30.3 Å². The Balaban J connectivity index is 1.72. The Hall–Kier alpha value is -2.82. The van der Waals surface area contributed by atoms with Gasteiger partial charge < -0.3 is 23.8 Å². The maximum atomic E-state index is 8.65. The van der Waals surface area contributed by atoms with E-state index < -0.39 is 6.50 Å². The highest BCUT2D eigenvalue weighted by Crippen LogP contribution is 2.45. The molecule has 128 valence electrons. The lowest BCUT2D eigenvalue weighted by Crippen LogP contribution is -2.31. The highest BCUT2D eigenvalue weighted by atomic mass is 16.7. The number of rotatable bonds is 2. The first-order valence-electron chi connectivity index (χ1n) is 9.18. The quantitative estimate of drug-likeness (QED) is 0.840. The Bertz CT molecular complexity index is 986. The molecular weight excluding hydrogens is 318 g/mol. The SMILES string of the molecule is [2H]C1([2H])Cc2cc3c(cc2C2=Cc4ccc(OC)c(OC)c4CN21)OCO3. The van der Waals surface area contributed by atoms with Crippen LogP contribution in [0.15, 0.2) is 24.3 Å². The molecule has 2 aromatic rings. The van der Waals surface area contributed by atoms with Gasteiger partial charge >= 0.3 is 0 Å². The molecule has 0 unspecified atom stereocenters. The fraction of sp³-hybridized carbons (Fsp3) is 0.300. The molecule has 0 aliphatic carbocycles. The molecule has 0 aromatic heterocycles. The molecule has 0 saturated carbocycles. The van der Waals surface area contributed by atoms with Crippen LogP contribution in [-0.4, -0.2) is 32.4 Å². The van der Waals surface area contributed by atoms with Gasteiger partial charge in [0.15, 0.2) is 23.0 Å². The lowest BCUT2D eigenvalue weighted by molar-refractivity contribution is 0.174. The molecule has 25 heavy (non-hydrogen) atoms. The molecule has 0 atom stereocenters. The Kier molecular flexibility index (Phi) is 2.68. The summed E-state index contributed by atoms with van der Waals surface area (Å²) in [4.78, 5) is 1.79. The molecule has 0 N–H and O–H groups in total. The van der Waals surface area contributed by atoms with E-state index in [0.717, 1.165) is 28.0 Å². The third-order valence-electron chi connectivity index (χ3n) is 4.92. The first kappa shape index (κ1) is 12.5. The number of ether oxygens (including phenoxy) is 4. The number of nitrogens with zero attached hydrogens (tertiary/aromatic N) is 1. The van der Waals surface area contributed by atoms with Crippen LogP contribution < -0.4 is 18.9 Å². The van der Waals surface area contributed by atoms with Gasteiger partial charge in [-0.2, -0.15) is 0 Å². The number of benzene rings is 2. The molecule has 0 radical (unpaired) electrons. The number of hydrogen-bond acceptors (Lipinski definition) is 5. The van der Waals surface area contributed by atoms with Crippen LogP contribution in [0.25, 0.3) is 11.8 Å². The van der Waals surface area contributed by atoms with Crippen molar-refractivity contribution in [2.75, 3.05) is 27.5 Å². The zero-order valence-corrected chi connectivity index (χ0v) is 14.1. The second-order valence-electron chi connectivity index (χ2n) is 6.18. The van der Waals surface area contributed by atoms with Gasteiger partial charge in [-0.05, 0) is 41.8 Å². The van der Waals surface area contributed by atoms with Crippen molar-refractivity contribution >= 4 is 11.8 Å². The Labute approximate surface area is 149 Å². The highest BCUT2D eigenvalue weighted by Gasteiger charge is 2.30. The maximum Gasteiger partial charge on any atom is 0.231 e. The van der Waals surface area contributed by atoms with Gasteiger partial charge in [-0.3, -0.25) is 0 Å². The van der Waals surface area contributed by atoms with E-state index in [4.69, 9.17) is 21.7 Å². The van der Waals surface area contributed by atoms with E-state index in [9.17, 15) is 0 Å². The summed E-state index contributed by atoms with van der Waals surface area (Å²) in [5, 5.41) is 0. The minimum absolute atomic E-state index is 0.202. The molecule has 0 amide bonds. The summed E-state index contributed by atoms with van der Waals surface area (Å²) in [6, 6.07) is 7.72. The topological polar surface area (TPSA) is 40.2 Å². The second-order valence-corrected chi connectivity index (χ2v) is 6.18. The molecule has 2 aromatic carbocycles. The lowest BCUT2D eigenvalue weighted by atomic mass is 9.90. The number of fused-ring (bicyclic) bond motifs is 5. The van der Waals surface area contributed by atoms with Crippen molar-refractivity contribution in [2.45, 2.75) is 13.0 Å². The predicted molar refractivity (Wildman–Crippen MR) is 94.1 cm³/mol. The van der Waals surface area contributed by atoms with E-state index in [2.05, 4.69) is 0 Å². The van der Waals surface area contributed by atoms with Crippen molar-refractivity contribution in [2.24, 2.45) is 0 Å². The fourth-order valence-electron chi connectivity index (χ4n) is 3.69. The van der Waals surface area contributed by atoms with Gasteiger partial charge in [-0.25, -0.2) is 0 Å². The third kappa shape index (κ3) is 2.08. The van der Waals surface area contributed by atoms with E-state index in [0.29, 0.717) is 29.5 Å². The molecule has 3 heterocycles. The van der Waals surface area contributed by atoms with Gasteiger partial charge in [-0.1, -0.05) is 6.07 Å². The van der Waals surface area contributed by atoms with Crippen molar-refractivity contribution in [3.05, 3.63) is 46.5 Å². The molecule has 5 rings (SSSR count). The van der Waals surface area contributed by atoms with Gasteiger partial charge in [0.25, 0.3) is 0 Å². The average molecular weight is 339 g/mol. The first-order chi connectivity index (χ1) is 13.0. The van der Waals surface area contributed by atoms with Crippen LogP contribution in [-0.2, 0) is 13.0 Å². The van der Waals surface area contributed by atoms with E-state index >= 15 is 0 Å². The van der Waals surface area contributed by atoms with Crippen LogP contribution in [0.1, 0.15) is 25.0 Å². The molecule has 3 aliphatic rings. The van der Waals surface area contributed by atoms with Crippen molar-refractivity contribution in [1.82, 2.24) is 4.90 Å². The summed E-state index contributed by atoms with van der Waals surface area (Å²) in [7, 11) is 3.21. The summed E-state index contributed by atoms with van der Waals surface area (Å²) < 4.78 is 39.3. The van der Waals surface area contributed by atoms with Crippen molar-refractivity contribution in [3.63, 3.8) is 0 Å².